The molecule has 142 valence electrons. The number of aromatic nitrogens is 3. The summed E-state index contributed by atoms with van der Waals surface area (Å²) in [6.45, 7) is 1.96. The van der Waals surface area contributed by atoms with Crippen molar-refractivity contribution in [2.24, 2.45) is 0 Å². The monoisotopic (exact) mass is 393 g/mol. The highest BCUT2D eigenvalue weighted by molar-refractivity contribution is 6.30. The molecule has 1 aromatic heterocycles. The van der Waals surface area contributed by atoms with Gasteiger partial charge < -0.3 is 5.32 Å². The number of hydrogen-bond donors (Lipinski definition) is 2. The van der Waals surface area contributed by atoms with E-state index in [-0.39, 0.29) is 11.9 Å². The first-order chi connectivity index (χ1) is 13.6. The van der Waals surface area contributed by atoms with Gasteiger partial charge >= 0.3 is 0 Å². The van der Waals surface area contributed by atoms with E-state index in [2.05, 4.69) is 26.8 Å². The second kappa shape index (κ2) is 7.86. The van der Waals surface area contributed by atoms with Crippen LogP contribution in [0.1, 0.15) is 36.9 Å². The average Bonchev–Trinajstić information content (AvgIpc) is 3.11. The molecule has 0 aliphatic carbocycles. The van der Waals surface area contributed by atoms with Crippen LogP contribution in [0.15, 0.2) is 60.7 Å². The highest BCUT2D eigenvalue weighted by atomic mass is 35.5. The van der Waals surface area contributed by atoms with Crippen molar-refractivity contribution in [2.45, 2.75) is 25.8 Å². The van der Waals surface area contributed by atoms with Crippen molar-refractivity contribution in [3.63, 3.8) is 0 Å². The summed E-state index contributed by atoms with van der Waals surface area (Å²) < 4.78 is 1.78. The van der Waals surface area contributed by atoms with Crippen molar-refractivity contribution in [1.29, 1.82) is 0 Å². The molecule has 2 N–H and O–H groups in total. The van der Waals surface area contributed by atoms with E-state index in [1.54, 1.807) is 4.68 Å². The summed E-state index contributed by atoms with van der Waals surface area (Å²) in [5.74, 6) is 0.778. The SMILES string of the molecule is CCCC(=O)Nc1nc2n(n1)C(c1ccc(Cl)cc1)C=C(c1ccccc1)N2. The zero-order valence-electron chi connectivity index (χ0n) is 15.4. The van der Waals surface area contributed by atoms with Crippen LogP contribution in [-0.4, -0.2) is 20.7 Å². The minimum absolute atomic E-state index is 0.0928. The number of carbonyl (C=O) groups excluding carboxylic acids is 1. The van der Waals surface area contributed by atoms with Gasteiger partial charge in [-0.2, -0.15) is 4.98 Å². The Morgan fingerprint density at radius 1 is 1.18 bits per heavy atom. The van der Waals surface area contributed by atoms with Crippen LogP contribution in [0.5, 0.6) is 0 Å². The smallest absolute Gasteiger partial charge is 0.250 e. The molecule has 0 bridgehead atoms. The highest BCUT2D eigenvalue weighted by Crippen LogP contribution is 2.33. The molecular formula is C21H20ClN5O. The molecular weight excluding hydrogens is 374 g/mol. The number of nitrogens with one attached hydrogen (secondary N) is 2. The summed E-state index contributed by atoms with van der Waals surface area (Å²) in [5, 5.41) is 11.3. The topological polar surface area (TPSA) is 71.8 Å². The molecule has 1 amide bonds. The predicted octanol–water partition coefficient (Wildman–Crippen LogP) is 4.73. The number of amides is 1. The Kier molecular flexibility index (Phi) is 5.12. The summed E-state index contributed by atoms with van der Waals surface area (Å²) in [7, 11) is 0. The number of benzene rings is 2. The molecule has 0 spiro atoms. The van der Waals surface area contributed by atoms with Gasteiger partial charge in [0.15, 0.2) is 0 Å². The molecule has 1 unspecified atom stereocenters. The largest absolute Gasteiger partial charge is 0.324 e. The summed E-state index contributed by atoms with van der Waals surface area (Å²) >= 11 is 6.06. The van der Waals surface area contributed by atoms with E-state index in [0.717, 1.165) is 23.2 Å². The fourth-order valence-corrected chi connectivity index (χ4v) is 3.27. The van der Waals surface area contributed by atoms with Crippen molar-refractivity contribution >= 4 is 35.1 Å². The molecule has 28 heavy (non-hydrogen) atoms. The molecule has 0 fully saturated rings. The molecule has 0 saturated heterocycles. The molecule has 1 atom stereocenters. The maximum Gasteiger partial charge on any atom is 0.250 e. The fraction of sp³-hybridized carbons (Fsp3) is 0.190. The van der Waals surface area contributed by atoms with Crippen LogP contribution in [-0.2, 0) is 4.79 Å². The highest BCUT2D eigenvalue weighted by Gasteiger charge is 2.25. The third-order valence-electron chi connectivity index (χ3n) is 4.49. The van der Waals surface area contributed by atoms with Gasteiger partial charge in [-0.15, -0.1) is 5.10 Å². The zero-order chi connectivity index (χ0) is 19.5. The zero-order valence-corrected chi connectivity index (χ0v) is 16.1. The number of hydrogen-bond acceptors (Lipinski definition) is 4. The quantitative estimate of drug-likeness (QED) is 0.657. The molecule has 2 aromatic carbocycles. The van der Waals surface area contributed by atoms with Crippen LogP contribution in [0.3, 0.4) is 0 Å². The normalized spacial score (nSPS) is 15.4. The number of nitrogens with zero attached hydrogens (tertiary/aromatic N) is 3. The number of halogens is 1. The number of allylic oxidation sites excluding steroid dienone is 1. The lowest BCUT2D eigenvalue weighted by Gasteiger charge is -2.24. The van der Waals surface area contributed by atoms with Crippen LogP contribution in [0.4, 0.5) is 11.9 Å². The van der Waals surface area contributed by atoms with Gasteiger partial charge in [0.05, 0.1) is 0 Å². The van der Waals surface area contributed by atoms with E-state index in [0.29, 0.717) is 23.3 Å². The first kappa shape index (κ1) is 18.3. The van der Waals surface area contributed by atoms with Gasteiger partial charge in [-0.05, 0) is 35.8 Å². The van der Waals surface area contributed by atoms with Crippen LogP contribution in [0.2, 0.25) is 5.02 Å². The molecule has 0 radical (unpaired) electrons. The van der Waals surface area contributed by atoms with Crippen molar-refractivity contribution in [3.8, 4) is 0 Å². The summed E-state index contributed by atoms with van der Waals surface area (Å²) in [4.78, 5) is 16.4. The number of fused-ring (bicyclic) bond motifs is 1. The molecule has 7 heteroatoms. The van der Waals surface area contributed by atoms with E-state index in [4.69, 9.17) is 11.6 Å². The Bertz CT molecular complexity index is 1010. The molecule has 6 nitrogen and oxygen atoms in total. The molecule has 2 heterocycles. The maximum absolute atomic E-state index is 12.0. The van der Waals surface area contributed by atoms with E-state index >= 15 is 0 Å². The lowest BCUT2D eigenvalue weighted by Crippen LogP contribution is -2.20. The Hall–Kier alpha value is -3.12. The molecule has 1 aliphatic rings. The molecule has 3 aromatic rings. The van der Waals surface area contributed by atoms with Crippen molar-refractivity contribution in [1.82, 2.24) is 14.8 Å². The first-order valence-corrected chi connectivity index (χ1v) is 9.58. The Labute approximate surface area is 168 Å². The number of carbonyl (C=O) groups is 1. The van der Waals surface area contributed by atoms with Gasteiger partial charge in [-0.3, -0.25) is 10.1 Å². The second-order valence-electron chi connectivity index (χ2n) is 6.57. The minimum Gasteiger partial charge on any atom is -0.324 e. The average molecular weight is 394 g/mol. The number of anilines is 2. The Morgan fingerprint density at radius 3 is 2.64 bits per heavy atom. The standard InChI is InChI=1S/C21H20ClN5O/c1-2-6-19(28)24-20-25-21-23-17(14-7-4-3-5-8-14)13-18(27(21)26-20)15-9-11-16(22)12-10-15/h3-5,7-13,18H,2,6H2,1H3,(H2,23,24,25,26,28). The first-order valence-electron chi connectivity index (χ1n) is 9.20. The van der Waals surface area contributed by atoms with Crippen molar-refractivity contribution in [2.75, 3.05) is 10.6 Å². The van der Waals surface area contributed by atoms with Gasteiger partial charge in [0.1, 0.15) is 6.04 Å². The van der Waals surface area contributed by atoms with Crippen molar-refractivity contribution < 1.29 is 4.79 Å². The minimum atomic E-state index is -0.173. The fourth-order valence-electron chi connectivity index (χ4n) is 3.14. The van der Waals surface area contributed by atoms with Crippen molar-refractivity contribution in [3.05, 3.63) is 76.8 Å². The van der Waals surface area contributed by atoms with Gasteiger partial charge in [0, 0.05) is 17.1 Å². The van der Waals surface area contributed by atoms with Gasteiger partial charge in [-0.1, -0.05) is 61.0 Å². The lowest BCUT2D eigenvalue weighted by molar-refractivity contribution is -0.116. The Morgan fingerprint density at radius 2 is 1.93 bits per heavy atom. The third-order valence-corrected chi connectivity index (χ3v) is 4.74. The predicted molar refractivity (Wildman–Crippen MR) is 111 cm³/mol. The Balaban J connectivity index is 1.73. The van der Waals surface area contributed by atoms with E-state index in [1.807, 2.05) is 61.5 Å². The van der Waals surface area contributed by atoms with Gasteiger partial charge in [0.2, 0.25) is 11.9 Å². The van der Waals surface area contributed by atoms with E-state index < -0.39 is 0 Å². The van der Waals surface area contributed by atoms with Gasteiger partial charge in [0.25, 0.3) is 5.95 Å². The maximum atomic E-state index is 12.0. The molecule has 1 aliphatic heterocycles. The summed E-state index contributed by atoms with van der Waals surface area (Å²) in [5.41, 5.74) is 3.01. The van der Waals surface area contributed by atoms with Crippen LogP contribution < -0.4 is 10.6 Å². The second-order valence-corrected chi connectivity index (χ2v) is 7.01. The summed E-state index contributed by atoms with van der Waals surface area (Å²) in [6, 6.07) is 17.5. The van der Waals surface area contributed by atoms with E-state index in [9.17, 15) is 4.79 Å². The van der Waals surface area contributed by atoms with Gasteiger partial charge in [-0.25, -0.2) is 4.68 Å². The lowest BCUT2D eigenvalue weighted by atomic mass is 10.0. The molecule has 0 saturated carbocycles. The molecule has 4 rings (SSSR count). The van der Waals surface area contributed by atoms with Crippen LogP contribution in [0.25, 0.3) is 5.70 Å². The van der Waals surface area contributed by atoms with Crippen LogP contribution >= 0.6 is 11.6 Å². The van der Waals surface area contributed by atoms with E-state index in [1.165, 1.54) is 0 Å². The van der Waals surface area contributed by atoms with Crippen LogP contribution in [0, 0.1) is 0 Å². The summed E-state index contributed by atoms with van der Waals surface area (Å²) in [6.07, 6.45) is 3.30. The number of rotatable bonds is 5. The third kappa shape index (κ3) is 3.77.